The molecule has 25 heavy (non-hydrogen) atoms. The quantitative estimate of drug-likeness (QED) is 0.838. The first kappa shape index (κ1) is 17.7. The van der Waals surface area contributed by atoms with E-state index in [9.17, 15) is 4.79 Å². The molecule has 4 heteroatoms. The summed E-state index contributed by atoms with van der Waals surface area (Å²) in [4.78, 5) is 11.5. The summed E-state index contributed by atoms with van der Waals surface area (Å²) in [6.07, 6.45) is 9.54. The van der Waals surface area contributed by atoms with Gasteiger partial charge in [-0.1, -0.05) is 31.4 Å². The van der Waals surface area contributed by atoms with E-state index in [1.807, 2.05) is 18.2 Å². The standard InChI is InChI=1S/C21H27NO3/c1-24-21(23)17-11-9-16(10-12-17)20-14-13-19(25-20)15-22-18-7-5-3-2-4-6-8-18/h9-14,18,22H,2-8,15H2,1H3/p+1. The summed E-state index contributed by atoms with van der Waals surface area (Å²) < 4.78 is 10.7. The molecule has 0 saturated heterocycles. The van der Waals surface area contributed by atoms with Gasteiger partial charge in [-0.3, -0.25) is 0 Å². The van der Waals surface area contributed by atoms with Crippen molar-refractivity contribution in [3.8, 4) is 11.3 Å². The Morgan fingerprint density at radius 2 is 1.72 bits per heavy atom. The number of carbonyl (C=O) groups excluding carboxylic acids is 1. The van der Waals surface area contributed by atoms with Gasteiger partial charge >= 0.3 is 5.97 Å². The highest BCUT2D eigenvalue weighted by Gasteiger charge is 2.15. The minimum Gasteiger partial charge on any atom is -0.465 e. The van der Waals surface area contributed by atoms with E-state index in [4.69, 9.17) is 9.15 Å². The first-order valence-corrected chi connectivity index (χ1v) is 9.37. The average Bonchev–Trinajstić information content (AvgIpc) is 3.09. The molecule has 3 rings (SSSR count). The number of ether oxygens (including phenoxy) is 1. The normalized spacial score (nSPS) is 16.2. The van der Waals surface area contributed by atoms with Crippen LogP contribution in [0.5, 0.6) is 0 Å². The summed E-state index contributed by atoms with van der Waals surface area (Å²) in [7, 11) is 1.39. The van der Waals surface area contributed by atoms with Crippen molar-refractivity contribution >= 4 is 5.97 Å². The lowest BCUT2D eigenvalue weighted by molar-refractivity contribution is -0.707. The number of rotatable bonds is 5. The number of quaternary nitrogens is 1. The fourth-order valence-corrected chi connectivity index (χ4v) is 3.54. The second-order valence-corrected chi connectivity index (χ2v) is 6.88. The molecule has 0 bridgehead atoms. The molecule has 0 unspecified atom stereocenters. The molecule has 0 amide bonds. The molecule has 4 nitrogen and oxygen atoms in total. The fraction of sp³-hybridized carbons (Fsp3) is 0.476. The number of benzene rings is 1. The molecular weight excluding hydrogens is 314 g/mol. The Bertz CT molecular complexity index is 667. The second kappa shape index (κ2) is 8.86. The predicted octanol–water partition coefficient (Wildman–Crippen LogP) is 3.91. The van der Waals surface area contributed by atoms with Crippen molar-refractivity contribution in [2.75, 3.05) is 7.11 Å². The Morgan fingerprint density at radius 3 is 2.40 bits per heavy atom. The summed E-state index contributed by atoms with van der Waals surface area (Å²) in [5.41, 5.74) is 1.53. The van der Waals surface area contributed by atoms with Crippen molar-refractivity contribution in [1.82, 2.24) is 0 Å². The lowest BCUT2D eigenvalue weighted by Crippen LogP contribution is -2.88. The molecule has 1 aromatic carbocycles. The Balaban J connectivity index is 1.57. The molecule has 1 fully saturated rings. The molecular formula is C21H28NO3+. The first-order valence-electron chi connectivity index (χ1n) is 9.37. The summed E-state index contributed by atoms with van der Waals surface area (Å²) in [5.74, 6) is 1.53. The number of carbonyl (C=O) groups is 1. The lowest BCUT2D eigenvalue weighted by atomic mass is 9.97. The number of nitrogens with two attached hydrogens (primary N) is 1. The highest BCUT2D eigenvalue weighted by Crippen LogP contribution is 2.22. The molecule has 134 valence electrons. The summed E-state index contributed by atoms with van der Waals surface area (Å²) in [6, 6.07) is 12.1. The first-order chi connectivity index (χ1) is 12.3. The van der Waals surface area contributed by atoms with Crippen LogP contribution in [0.15, 0.2) is 40.8 Å². The third-order valence-electron chi connectivity index (χ3n) is 5.05. The van der Waals surface area contributed by atoms with Crippen molar-refractivity contribution in [2.45, 2.75) is 57.5 Å². The van der Waals surface area contributed by atoms with E-state index in [2.05, 4.69) is 11.4 Å². The molecule has 0 aliphatic heterocycles. The Kier molecular flexibility index (Phi) is 6.29. The largest absolute Gasteiger partial charge is 0.465 e. The Morgan fingerprint density at radius 1 is 1.04 bits per heavy atom. The van der Waals surface area contributed by atoms with Gasteiger partial charge in [-0.25, -0.2) is 4.79 Å². The molecule has 0 atom stereocenters. The van der Waals surface area contributed by atoms with Crippen LogP contribution in [0.2, 0.25) is 0 Å². The maximum absolute atomic E-state index is 11.5. The third kappa shape index (κ3) is 4.95. The van der Waals surface area contributed by atoms with E-state index in [1.165, 1.54) is 52.1 Å². The average molecular weight is 342 g/mol. The van der Waals surface area contributed by atoms with E-state index in [0.717, 1.165) is 29.7 Å². The van der Waals surface area contributed by atoms with Crippen LogP contribution in [-0.2, 0) is 11.3 Å². The SMILES string of the molecule is COC(=O)c1ccc(-c2ccc(C[NH2+]C3CCCCCCC3)o2)cc1. The zero-order chi connectivity index (χ0) is 17.5. The number of methoxy groups -OCH3 is 1. The van der Waals surface area contributed by atoms with Gasteiger partial charge in [0.2, 0.25) is 0 Å². The predicted molar refractivity (Wildman–Crippen MR) is 97.2 cm³/mol. The Labute approximate surface area is 149 Å². The van der Waals surface area contributed by atoms with Crippen LogP contribution in [0, 0.1) is 0 Å². The van der Waals surface area contributed by atoms with E-state index < -0.39 is 0 Å². The van der Waals surface area contributed by atoms with Crippen molar-refractivity contribution in [2.24, 2.45) is 0 Å². The summed E-state index contributed by atoms with van der Waals surface area (Å²) in [5, 5.41) is 2.44. The number of furan rings is 1. The van der Waals surface area contributed by atoms with Gasteiger partial charge in [0.15, 0.2) is 5.76 Å². The third-order valence-corrected chi connectivity index (χ3v) is 5.05. The van der Waals surface area contributed by atoms with Gasteiger partial charge in [0.1, 0.15) is 12.3 Å². The summed E-state index contributed by atoms with van der Waals surface area (Å²) in [6.45, 7) is 0.894. The zero-order valence-electron chi connectivity index (χ0n) is 15.0. The molecule has 1 aromatic heterocycles. The maximum atomic E-state index is 11.5. The monoisotopic (exact) mass is 342 g/mol. The van der Waals surface area contributed by atoms with Crippen LogP contribution >= 0.6 is 0 Å². The van der Waals surface area contributed by atoms with E-state index in [0.29, 0.717) is 5.56 Å². The highest BCUT2D eigenvalue weighted by molar-refractivity contribution is 5.89. The smallest absolute Gasteiger partial charge is 0.337 e. The van der Waals surface area contributed by atoms with Crippen LogP contribution in [-0.4, -0.2) is 19.1 Å². The molecule has 2 N–H and O–H groups in total. The zero-order valence-corrected chi connectivity index (χ0v) is 15.0. The van der Waals surface area contributed by atoms with Gasteiger partial charge in [0.25, 0.3) is 0 Å². The van der Waals surface area contributed by atoms with E-state index in [-0.39, 0.29) is 5.97 Å². The van der Waals surface area contributed by atoms with Gasteiger partial charge in [0, 0.05) is 5.56 Å². The van der Waals surface area contributed by atoms with Crippen LogP contribution in [0.4, 0.5) is 0 Å². The molecule has 1 heterocycles. The van der Waals surface area contributed by atoms with Crippen LogP contribution in [0.25, 0.3) is 11.3 Å². The molecule has 1 aliphatic rings. The van der Waals surface area contributed by atoms with E-state index in [1.54, 1.807) is 12.1 Å². The fourth-order valence-electron chi connectivity index (χ4n) is 3.54. The number of hydrogen-bond acceptors (Lipinski definition) is 3. The lowest BCUT2D eigenvalue weighted by Gasteiger charge is -2.17. The van der Waals surface area contributed by atoms with Crippen LogP contribution in [0.1, 0.15) is 61.1 Å². The van der Waals surface area contributed by atoms with Crippen LogP contribution < -0.4 is 5.32 Å². The molecule has 0 radical (unpaired) electrons. The van der Waals surface area contributed by atoms with Crippen LogP contribution in [0.3, 0.4) is 0 Å². The molecule has 0 spiro atoms. The number of hydrogen-bond donors (Lipinski definition) is 1. The molecule has 1 aliphatic carbocycles. The van der Waals surface area contributed by atoms with Crippen molar-refractivity contribution in [3.05, 3.63) is 47.7 Å². The van der Waals surface area contributed by atoms with Crippen molar-refractivity contribution < 1.29 is 19.3 Å². The van der Waals surface area contributed by atoms with Gasteiger partial charge in [-0.05, 0) is 49.9 Å². The van der Waals surface area contributed by atoms with Gasteiger partial charge in [-0.15, -0.1) is 0 Å². The van der Waals surface area contributed by atoms with Gasteiger partial charge in [-0.2, -0.15) is 0 Å². The van der Waals surface area contributed by atoms with Gasteiger partial charge in [0.05, 0.1) is 18.7 Å². The Hall–Kier alpha value is -2.07. The van der Waals surface area contributed by atoms with Crippen molar-refractivity contribution in [3.63, 3.8) is 0 Å². The van der Waals surface area contributed by atoms with Gasteiger partial charge < -0.3 is 14.5 Å². The summed E-state index contributed by atoms with van der Waals surface area (Å²) >= 11 is 0. The maximum Gasteiger partial charge on any atom is 0.337 e. The highest BCUT2D eigenvalue weighted by atomic mass is 16.5. The number of esters is 1. The minimum absolute atomic E-state index is 0.319. The minimum atomic E-state index is -0.319. The second-order valence-electron chi connectivity index (χ2n) is 6.88. The van der Waals surface area contributed by atoms with E-state index >= 15 is 0 Å². The van der Waals surface area contributed by atoms with Crippen molar-refractivity contribution in [1.29, 1.82) is 0 Å². The topological polar surface area (TPSA) is 56.0 Å². The molecule has 2 aromatic rings. The molecule has 1 saturated carbocycles.